The zero-order chi connectivity index (χ0) is 13.0. The van der Waals surface area contributed by atoms with Gasteiger partial charge in [-0.25, -0.2) is 4.79 Å². The van der Waals surface area contributed by atoms with Crippen molar-refractivity contribution in [1.29, 1.82) is 0 Å². The summed E-state index contributed by atoms with van der Waals surface area (Å²) in [6, 6.07) is 3.79. The number of hydrogen-bond acceptors (Lipinski definition) is 5. The summed E-state index contributed by atoms with van der Waals surface area (Å²) in [4.78, 5) is 20.5. The number of rotatable bonds is 5. The molecule has 1 atom stereocenters. The van der Waals surface area contributed by atoms with Gasteiger partial charge in [0.2, 0.25) is 0 Å². The zero-order valence-electron chi connectivity index (χ0n) is 8.99. The first-order chi connectivity index (χ1) is 7.95. The Labute approximate surface area is 96.4 Å². The van der Waals surface area contributed by atoms with E-state index in [1.807, 2.05) is 0 Å². The molecule has 7 heteroatoms. The van der Waals surface area contributed by atoms with Gasteiger partial charge in [0.05, 0.1) is 12.0 Å². The van der Waals surface area contributed by atoms with Crippen molar-refractivity contribution in [1.82, 2.24) is 0 Å². The number of carbonyl (C=O) groups is 1. The third-order valence-corrected chi connectivity index (χ3v) is 2.17. The van der Waals surface area contributed by atoms with Crippen molar-refractivity contribution in [2.75, 3.05) is 7.11 Å². The topological polar surface area (TPSA) is 110 Å². The van der Waals surface area contributed by atoms with Gasteiger partial charge in [0, 0.05) is 24.1 Å². The number of nitrogens with zero attached hydrogens (tertiary/aromatic N) is 1. The highest BCUT2D eigenvalue weighted by molar-refractivity contribution is 5.72. The summed E-state index contributed by atoms with van der Waals surface area (Å²) in [5.74, 6) is -1.09. The average molecular weight is 241 g/mol. The number of nitro groups is 1. The van der Waals surface area contributed by atoms with E-state index in [0.717, 1.165) is 0 Å². The van der Waals surface area contributed by atoms with Gasteiger partial charge in [-0.1, -0.05) is 0 Å². The van der Waals surface area contributed by atoms with Crippen molar-refractivity contribution >= 4 is 11.7 Å². The number of aliphatic hydroxyl groups is 1. The van der Waals surface area contributed by atoms with E-state index < -0.39 is 17.0 Å². The van der Waals surface area contributed by atoms with Crippen molar-refractivity contribution in [3.05, 3.63) is 33.9 Å². The molecule has 0 aliphatic rings. The summed E-state index contributed by atoms with van der Waals surface area (Å²) in [6.07, 6.45) is -1.87. The van der Waals surface area contributed by atoms with Gasteiger partial charge in [-0.3, -0.25) is 10.1 Å². The second-order valence-electron chi connectivity index (χ2n) is 3.31. The lowest BCUT2D eigenvalue weighted by molar-refractivity contribution is -0.384. The van der Waals surface area contributed by atoms with Crippen LogP contribution in [0, 0.1) is 10.1 Å². The minimum absolute atomic E-state index is 0.182. The standard InChI is InChI=1S/C10H11NO6/c1-17-9-3-2-7(11(15)16)4-6(9)5-8(12)10(13)14/h2-4,8,12H,5H2,1H3,(H,13,14). The molecule has 17 heavy (non-hydrogen) atoms. The molecular formula is C10H11NO6. The van der Waals surface area contributed by atoms with Gasteiger partial charge in [-0.2, -0.15) is 0 Å². The van der Waals surface area contributed by atoms with E-state index in [1.54, 1.807) is 0 Å². The Morgan fingerprint density at radius 1 is 1.59 bits per heavy atom. The van der Waals surface area contributed by atoms with Crippen LogP contribution in [0.25, 0.3) is 0 Å². The van der Waals surface area contributed by atoms with E-state index in [9.17, 15) is 20.0 Å². The largest absolute Gasteiger partial charge is 0.496 e. The molecule has 92 valence electrons. The number of hydrogen-bond donors (Lipinski definition) is 2. The van der Waals surface area contributed by atoms with Crippen LogP contribution in [0.4, 0.5) is 5.69 Å². The Bertz CT molecular complexity index is 444. The first-order valence-electron chi connectivity index (χ1n) is 4.68. The van der Waals surface area contributed by atoms with Crippen molar-refractivity contribution in [2.45, 2.75) is 12.5 Å². The van der Waals surface area contributed by atoms with Crippen LogP contribution in [0.5, 0.6) is 5.75 Å². The number of aliphatic hydroxyl groups excluding tert-OH is 1. The molecule has 2 N–H and O–H groups in total. The van der Waals surface area contributed by atoms with Crippen molar-refractivity contribution < 1.29 is 24.7 Å². The summed E-state index contributed by atoms with van der Waals surface area (Å²) in [6.45, 7) is 0. The average Bonchev–Trinajstić information content (AvgIpc) is 2.28. The van der Waals surface area contributed by atoms with Gasteiger partial charge in [0.15, 0.2) is 6.10 Å². The summed E-state index contributed by atoms with van der Waals surface area (Å²) in [7, 11) is 1.36. The van der Waals surface area contributed by atoms with E-state index in [0.29, 0.717) is 5.75 Å². The zero-order valence-corrected chi connectivity index (χ0v) is 8.99. The Hall–Kier alpha value is -2.15. The van der Waals surface area contributed by atoms with Crippen LogP contribution in [0.15, 0.2) is 18.2 Å². The van der Waals surface area contributed by atoms with Gasteiger partial charge in [0.1, 0.15) is 5.75 Å². The molecule has 0 aliphatic heterocycles. The highest BCUT2D eigenvalue weighted by Gasteiger charge is 2.18. The molecule has 0 radical (unpaired) electrons. The molecule has 0 saturated carbocycles. The highest BCUT2D eigenvalue weighted by atomic mass is 16.6. The minimum Gasteiger partial charge on any atom is -0.496 e. The third-order valence-electron chi connectivity index (χ3n) is 2.17. The SMILES string of the molecule is COc1ccc([N+](=O)[O-])cc1CC(O)C(=O)O. The predicted octanol–water partition coefficient (Wildman–Crippen LogP) is 0.591. The van der Waals surface area contributed by atoms with E-state index in [1.165, 1.54) is 25.3 Å². The summed E-state index contributed by atoms with van der Waals surface area (Å²) in [5, 5.41) is 28.3. The lowest BCUT2D eigenvalue weighted by atomic mass is 10.1. The number of carboxylic acid groups (broad SMARTS) is 1. The quantitative estimate of drug-likeness (QED) is 0.576. The van der Waals surface area contributed by atoms with Crippen LogP contribution in [0.3, 0.4) is 0 Å². The van der Waals surface area contributed by atoms with E-state index >= 15 is 0 Å². The number of nitro benzene ring substituents is 1. The smallest absolute Gasteiger partial charge is 0.332 e. The van der Waals surface area contributed by atoms with E-state index in [-0.39, 0.29) is 17.7 Å². The molecular weight excluding hydrogens is 230 g/mol. The molecule has 1 aromatic rings. The van der Waals surface area contributed by atoms with Crippen LogP contribution in [-0.4, -0.2) is 34.3 Å². The summed E-state index contributed by atoms with van der Waals surface area (Å²) >= 11 is 0. The van der Waals surface area contributed by atoms with Gasteiger partial charge < -0.3 is 14.9 Å². The van der Waals surface area contributed by atoms with E-state index in [2.05, 4.69) is 0 Å². The highest BCUT2D eigenvalue weighted by Crippen LogP contribution is 2.25. The van der Waals surface area contributed by atoms with Crippen LogP contribution in [0.1, 0.15) is 5.56 Å². The molecule has 0 aromatic heterocycles. The number of benzene rings is 1. The van der Waals surface area contributed by atoms with Gasteiger partial charge in [-0.05, 0) is 6.07 Å². The number of methoxy groups -OCH3 is 1. The monoisotopic (exact) mass is 241 g/mol. The molecule has 1 rings (SSSR count). The first-order valence-corrected chi connectivity index (χ1v) is 4.68. The number of carboxylic acids is 1. The molecule has 0 fully saturated rings. The molecule has 0 amide bonds. The molecule has 7 nitrogen and oxygen atoms in total. The Balaban J connectivity index is 3.06. The fourth-order valence-electron chi connectivity index (χ4n) is 1.33. The Kier molecular flexibility index (Phi) is 4.00. The normalized spacial score (nSPS) is 11.9. The fourth-order valence-corrected chi connectivity index (χ4v) is 1.33. The lowest BCUT2D eigenvalue weighted by Gasteiger charge is -2.10. The predicted molar refractivity (Wildman–Crippen MR) is 57.0 cm³/mol. The molecule has 0 saturated heterocycles. The Morgan fingerprint density at radius 3 is 2.71 bits per heavy atom. The first kappa shape index (κ1) is 12.9. The van der Waals surface area contributed by atoms with Crippen LogP contribution < -0.4 is 4.74 Å². The maximum atomic E-state index is 10.6. The Morgan fingerprint density at radius 2 is 2.24 bits per heavy atom. The number of ether oxygens (including phenoxy) is 1. The second-order valence-corrected chi connectivity index (χ2v) is 3.31. The molecule has 0 aliphatic carbocycles. The number of non-ortho nitro benzene ring substituents is 1. The van der Waals surface area contributed by atoms with Crippen molar-refractivity contribution in [2.24, 2.45) is 0 Å². The van der Waals surface area contributed by atoms with Crippen LogP contribution in [0.2, 0.25) is 0 Å². The number of aliphatic carboxylic acids is 1. The summed E-state index contributed by atoms with van der Waals surface area (Å²) in [5.41, 5.74) is 0.0926. The third kappa shape index (κ3) is 3.15. The van der Waals surface area contributed by atoms with E-state index in [4.69, 9.17) is 9.84 Å². The maximum absolute atomic E-state index is 10.6. The lowest BCUT2D eigenvalue weighted by Crippen LogP contribution is -2.22. The molecule has 0 bridgehead atoms. The van der Waals surface area contributed by atoms with Gasteiger partial charge >= 0.3 is 5.97 Å². The molecule has 1 unspecified atom stereocenters. The second kappa shape index (κ2) is 5.26. The maximum Gasteiger partial charge on any atom is 0.332 e. The van der Waals surface area contributed by atoms with Crippen LogP contribution >= 0.6 is 0 Å². The van der Waals surface area contributed by atoms with Crippen molar-refractivity contribution in [3.63, 3.8) is 0 Å². The fraction of sp³-hybridized carbons (Fsp3) is 0.300. The molecule has 1 aromatic carbocycles. The van der Waals surface area contributed by atoms with Gasteiger partial charge in [0.25, 0.3) is 5.69 Å². The summed E-state index contributed by atoms with van der Waals surface area (Å²) < 4.78 is 4.93. The van der Waals surface area contributed by atoms with Crippen molar-refractivity contribution in [3.8, 4) is 5.75 Å². The molecule has 0 spiro atoms. The molecule has 0 heterocycles. The minimum atomic E-state index is -1.62. The van der Waals surface area contributed by atoms with Gasteiger partial charge in [-0.15, -0.1) is 0 Å². The van der Waals surface area contributed by atoms with Crippen LogP contribution in [-0.2, 0) is 11.2 Å².